The van der Waals surface area contributed by atoms with Crippen LogP contribution in [-0.4, -0.2) is 37.6 Å². The van der Waals surface area contributed by atoms with E-state index in [0.29, 0.717) is 11.6 Å². The van der Waals surface area contributed by atoms with Crippen molar-refractivity contribution in [2.45, 2.75) is 49.1 Å². The SMILES string of the molecule is CCSc1cc(-c2ccc(C3CC3)cc2)cnc1-c1nnc(CC(F)(F)C(F)(F)F)n1C. The summed E-state index contributed by atoms with van der Waals surface area (Å²) in [5.41, 5.74) is 3.60. The monoisotopic (exact) mass is 468 g/mol. The number of thioether (sulfide) groups is 1. The molecule has 10 heteroatoms. The Morgan fingerprint density at radius 2 is 1.72 bits per heavy atom. The number of aromatic nitrogens is 4. The zero-order valence-electron chi connectivity index (χ0n) is 17.5. The van der Waals surface area contributed by atoms with Crippen LogP contribution in [0.2, 0.25) is 0 Å². The van der Waals surface area contributed by atoms with Gasteiger partial charge in [-0.05, 0) is 41.7 Å². The van der Waals surface area contributed by atoms with Gasteiger partial charge in [0.1, 0.15) is 11.5 Å². The molecule has 0 unspecified atom stereocenters. The van der Waals surface area contributed by atoms with E-state index in [0.717, 1.165) is 26.3 Å². The molecule has 1 fully saturated rings. The Labute approximate surface area is 186 Å². The van der Waals surface area contributed by atoms with Crippen molar-refractivity contribution in [3.8, 4) is 22.6 Å². The van der Waals surface area contributed by atoms with Crippen molar-refractivity contribution in [1.82, 2.24) is 19.7 Å². The molecule has 0 saturated heterocycles. The van der Waals surface area contributed by atoms with E-state index in [4.69, 9.17) is 0 Å². The normalized spacial score (nSPS) is 14.7. The largest absolute Gasteiger partial charge is 0.453 e. The molecule has 1 aliphatic carbocycles. The van der Waals surface area contributed by atoms with E-state index in [1.807, 2.05) is 25.1 Å². The van der Waals surface area contributed by atoms with Crippen molar-refractivity contribution >= 4 is 11.8 Å². The van der Waals surface area contributed by atoms with Gasteiger partial charge in [0, 0.05) is 23.7 Å². The Bertz CT molecular complexity index is 1100. The topological polar surface area (TPSA) is 43.6 Å². The fraction of sp³-hybridized carbons (Fsp3) is 0.409. The number of benzene rings is 1. The first-order chi connectivity index (χ1) is 15.1. The molecule has 0 atom stereocenters. The standard InChI is InChI=1S/C22H21F5N4S/c1-3-32-17-10-16(15-8-6-14(7-9-15)13-4-5-13)12-28-19(17)20-30-29-18(31(20)2)11-21(23,24)22(25,26)27/h6-10,12-13H,3-5,11H2,1-2H3. The van der Waals surface area contributed by atoms with Gasteiger partial charge < -0.3 is 4.57 Å². The third kappa shape index (κ3) is 4.51. The van der Waals surface area contributed by atoms with Gasteiger partial charge in [-0.1, -0.05) is 31.2 Å². The van der Waals surface area contributed by atoms with E-state index >= 15 is 0 Å². The van der Waals surface area contributed by atoms with E-state index < -0.39 is 24.3 Å². The minimum absolute atomic E-state index is 0.143. The minimum Gasteiger partial charge on any atom is -0.313 e. The summed E-state index contributed by atoms with van der Waals surface area (Å²) in [7, 11) is 1.36. The van der Waals surface area contributed by atoms with E-state index in [2.05, 4.69) is 27.3 Å². The third-order valence-electron chi connectivity index (χ3n) is 5.42. The lowest BCUT2D eigenvalue weighted by Gasteiger charge is -2.18. The maximum atomic E-state index is 13.5. The molecule has 3 aromatic rings. The Morgan fingerprint density at radius 1 is 1.03 bits per heavy atom. The van der Waals surface area contributed by atoms with Gasteiger partial charge in [-0.15, -0.1) is 22.0 Å². The van der Waals surface area contributed by atoms with Crippen LogP contribution in [0, 0.1) is 0 Å². The Balaban J connectivity index is 1.65. The molecule has 0 bridgehead atoms. The molecule has 0 spiro atoms. The number of halogens is 5. The summed E-state index contributed by atoms with van der Waals surface area (Å²) in [5.74, 6) is -3.84. The fourth-order valence-corrected chi connectivity index (χ4v) is 4.22. The number of rotatable bonds is 7. The van der Waals surface area contributed by atoms with Crippen molar-refractivity contribution in [3.63, 3.8) is 0 Å². The molecular formula is C22H21F5N4S. The summed E-state index contributed by atoms with van der Waals surface area (Å²) in [4.78, 5) is 5.23. The van der Waals surface area contributed by atoms with Crippen LogP contribution in [0.3, 0.4) is 0 Å². The van der Waals surface area contributed by atoms with Crippen molar-refractivity contribution in [3.05, 3.63) is 47.9 Å². The molecule has 4 rings (SSSR count). The molecule has 0 aliphatic heterocycles. The van der Waals surface area contributed by atoms with Gasteiger partial charge in [0.05, 0.1) is 6.42 Å². The van der Waals surface area contributed by atoms with Crippen molar-refractivity contribution in [2.24, 2.45) is 7.05 Å². The highest BCUT2D eigenvalue weighted by Gasteiger charge is 2.58. The first kappa shape index (κ1) is 22.7. The highest BCUT2D eigenvalue weighted by Crippen LogP contribution is 2.41. The average molecular weight is 468 g/mol. The molecular weight excluding hydrogens is 447 g/mol. The lowest BCUT2D eigenvalue weighted by atomic mass is 10.0. The highest BCUT2D eigenvalue weighted by atomic mass is 32.2. The maximum Gasteiger partial charge on any atom is 0.453 e. The summed E-state index contributed by atoms with van der Waals surface area (Å²) in [6, 6.07) is 10.3. The Hall–Kier alpha value is -2.49. The van der Waals surface area contributed by atoms with Crippen molar-refractivity contribution < 1.29 is 22.0 Å². The van der Waals surface area contributed by atoms with Crippen LogP contribution in [0.5, 0.6) is 0 Å². The lowest BCUT2D eigenvalue weighted by Crippen LogP contribution is -2.39. The molecule has 1 saturated carbocycles. The second-order valence-electron chi connectivity index (χ2n) is 7.78. The molecule has 2 heterocycles. The molecule has 0 N–H and O–H groups in total. The number of alkyl halides is 5. The first-order valence-electron chi connectivity index (χ1n) is 10.2. The molecule has 4 nitrogen and oxygen atoms in total. The number of hydrogen-bond acceptors (Lipinski definition) is 4. The Morgan fingerprint density at radius 3 is 2.31 bits per heavy atom. The van der Waals surface area contributed by atoms with Crippen LogP contribution >= 0.6 is 11.8 Å². The smallest absolute Gasteiger partial charge is 0.313 e. The van der Waals surface area contributed by atoms with E-state index in [-0.39, 0.29) is 5.82 Å². The molecule has 170 valence electrons. The molecule has 0 radical (unpaired) electrons. The average Bonchev–Trinajstić information content (AvgIpc) is 3.53. The van der Waals surface area contributed by atoms with Gasteiger partial charge in [-0.2, -0.15) is 22.0 Å². The predicted molar refractivity (Wildman–Crippen MR) is 113 cm³/mol. The van der Waals surface area contributed by atoms with Gasteiger partial charge >= 0.3 is 12.1 Å². The van der Waals surface area contributed by atoms with Crippen LogP contribution in [-0.2, 0) is 13.5 Å². The van der Waals surface area contributed by atoms with Crippen LogP contribution in [0.15, 0.2) is 41.4 Å². The maximum absolute atomic E-state index is 13.5. The quantitative estimate of drug-likeness (QED) is 0.303. The van der Waals surface area contributed by atoms with Crippen LogP contribution < -0.4 is 0 Å². The van der Waals surface area contributed by atoms with E-state index in [1.165, 1.54) is 37.2 Å². The van der Waals surface area contributed by atoms with Gasteiger partial charge in [-0.25, -0.2) is 0 Å². The van der Waals surface area contributed by atoms with Crippen molar-refractivity contribution in [2.75, 3.05) is 5.75 Å². The predicted octanol–water partition coefficient (Wildman–Crippen LogP) is 6.27. The summed E-state index contributed by atoms with van der Waals surface area (Å²) in [5, 5.41) is 7.46. The number of pyridine rings is 1. The molecule has 1 aliphatic rings. The zero-order valence-corrected chi connectivity index (χ0v) is 18.3. The summed E-state index contributed by atoms with van der Waals surface area (Å²) < 4.78 is 66.0. The van der Waals surface area contributed by atoms with Crippen LogP contribution in [0.4, 0.5) is 22.0 Å². The number of hydrogen-bond donors (Lipinski definition) is 0. The first-order valence-corrected chi connectivity index (χ1v) is 11.2. The van der Waals surface area contributed by atoms with E-state index in [9.17, 15) is 22.0 Å². The van der Waals surface area contributed by atoms with Crippen LogP contribution in [0.1, 0.15) is 37.1 Å². The van der Waals surface area contributed by atoms with Gasteiger partial charge in [0.25, 0.3) is 0 Å². The molecule has 32 heavy (non-hydrogen) atoms. The lowest BCUT2D eigenvalue weighted by molar-refractivity contribution is -0.281. The summed E-state index contributed by atoms with van der Waals surface area (Å²) in [6.45, 7) is 1.96. The van der Waals surface area contributed by atoms with Crippen LogP contribution in [0.25, 0.3) is 22.6 Å². The summed E-state index contributed by atoms with van der Waals surface area (Å²) in [6.07, 6.45) is -3.14. The second-order valence-corrected chi connectivity index (χ2v) is 9.08. The van der Waals surface area contributed by atoms with E-state index in [1.54, 1.807) is 6.20 Å². The minimum atomic E-state index is -5.66. The third-order valence-corrected chi connectivity index (χ3v) is 6.33. The molecule has 0 amide bonds. The fourth-order valence-electron chi connectivity index (χ4n) is 3.42. The highest BCUT2D eigenvalue weighted by molar-refractivity contribution is 7.99. The summed E-state index contributed by atoms with van der Waals surface area (Å²) >= 11 is 1.49. The second kappa shape index (κ2) is 8.46. The number of nitrogens with zero attached hydrogens (tertiary/aromatic N) is 4. The Kier molecular flexibility index (Phi) is 6.00. The molecule has 2 aromatic heterocycles. The van der Waals surface area contributed by atoms with Gasteiger partial charge in [0.15, 0.2) is 5.82 Å². The molecule has 1 aromatic carbocycles. The zero-order chi connectivity index (χ0) is 23.1. The van der Waals surface area contributed by atoms with Crippen molar-refractivity contribution in [1.29, 1.82) is 0 Å². The van der Waals surface area contributed by atoms with Gasteiger partial charge in [-0.3, -0.25) is 4.98 Å². The van der Waals surface area contributed by atoms with Gasteiger partial charge in [0.2, 0.25) is 0 Å².